The van der Waals surface area contributed by atoms with E-state index in [2.05, 4.69) is 13.0 Å². The fourth-order valence-electron chi connectivity index (χ4n) is 2.64. The van der Waals surface area contributed by atoms with Gasteiger partial charge in [0.2, 0.25) is 0 Å². The van der Waals surface area contributed by atoms with E-state index in [0.29, 0.717) is 5.78 Å². The first-order valence-corrected chi connectivity index (χ1v) is 8.27. The minimum Gasteiger partial charge on any atom is -0.293 e. The lowest BCUT2D eigenvalue weighted by atomic mass is 9.99. The van der Waals surface area contributed by atoms with Crippen molar-refractivity contribution in [2.45, 2.75) is 71.1 Å². The Morgan fingerprint density at radius 1 is 1.17 bits per heavy atom. The molecule has 100 valence electrons. The molecule has 1 aromatic rings. The third-order valence-electron chi connectivity index (χ3n) is 3.78. The molecule has 0 fully saturated rings. The number of fused-ring (bicyclic) bond motifs is 1. The van der Waals surface area contributed by atoms with Crippen LogP contribution in [0.25, 0.3) is 0 Å². The van der Waals surface area contributed by atoms with Crippen LogP contribution in [0.15, 0.2) is 6.07 Å². The Kier molecular flexibility index (Phi) is 5.43. The summed E-state index contributed by atoms with van der Waals surface area (Å²) in [5.41, 5.74) is 1.46. The van der Waals surface area contributed by atoms with E-state index >= 15 is 0 Å². The highest BCUT2D eigenvalue weighted by atomic mass is 32.1. The third kappa shape index (κ3) is 3.68. The molecule has 0 saturated carbocycles. The minimum atomic E-state index is 0.380. The molecule has 1 aliphatic rings. The van der Waals surface area contributed by atoms with Crippen molar-refractivity contribution in [2.24, 2.45) is 0 Å². The van der Waals surface area contributed by atoms with Crippen molar-refractivity contribution in [3.8, 4) is 0 Å². The lowest BCUT2D eigenvalue weighted by Gasteiger charge is -2.08. The maximum Gasteiger partial charge on any atom is 0.172 e. The van der Waals surface area contributed by atoms with Gasteiger partial charge in [0.1, 0.15) is 0 Å². The molecule has 0 spiro atoms. The van der Waals surface area contributed by atoms with Crippen LogP contribution in [0.5, 0.6) is 0 Å². The molecule has 1 nitrogen and oxygen atoms in total. The largest absolute Gasteiger partial charge is 0.293 e. The second-order valence-electron chi connectivity index (χ2n) is 5.35. The van der Waals surface area contributed by atoms with Gasteiger partial charge in [0.15, 0.2) is 5.78 Å². The smallest absolute Gasteiger partial charge is 0.172 e. The number of carbonyl (C=O) groups excluding carboxylic acids is 1. The van der Waals surface area contributed by atoms with Crippen molar-refractivity contribution in [1.82, 2.24) is 0 Å². The summed E-state index contributed by atoms with van der Waals surface area (Å²) in [5.74, 6) is 0.380. The van der Waals surface area contributed by atoms with Crippen LogP contribution in [-0.2, 0) is 12.8 Å². The monoisotopic (exact) mass is 264 g/mol. The number of aryl methyl sites for hydroxylation is 2. The summed E-state index contributed by atoms with van der Waals surface area (Å²) >= 11 is 1.76. The van der Waals surface area contributed by atoms with Crippen molar-refractivity contribution in [1.29, 1.82) is 0 Å². The highest BCUT2D eigenvalue weighted by Gasteiger charge is 2.16. The molecule has 1 aliphatic carbocycles. The number of ketones is 1. The van der Waals surface area contributed by atoms with E-state index in [4.69, 9.17) is 0 Å². The van der Waals surface area contributed by atoms with Gasteiger partial charge in [0.25, 0.3) is 0 Å². The SMILES string of the molecule is CCCCCCCC(=O)c1cc2c(s1)CCCC2. The Morgan fingerprint density at radius 3 is 2.72 bits per heavy atom. The quantitative estimate of drug-likeness (QED) is 0.490. The van der Waals surface area contributed by atoms with Crippen LogP contribution in [0.3, 0.4) is 0 Å². The molecule has 0 aliphatic heterocycles. The normalized spacial score (nSPS) is 14.5. The fraction of sp³-hybridized carbons (Fsp3) is 0.688. The Bertz CT molecular complexity index is 368. The maximum absolute atomic E-state index is 12.1. The van der Waals surface area contributed by atoms with Crippen LogP contribution in [0.4, 0.5) is 0 Å². The van der Waals surface area contributed by atoms with Crippen molar-refractivity contribution in [2.75, 3.05) is 0 Å². The first kappa shape index (κ1) is 13.8. The molecular weight excluding hydrogens is 240 g/mol. The first-order chi connectivity index (χ1) is 8.81. The van der Waals surface area contributed by atoms with E-state index in [9.17, 15) is 4.79 Å². The lowest BCUT2D eigenvalue weighted by molar-refractivity contribution is 0.0983. The number of Topliss-reactive ketones (excluding diaryl/α,β-unsaturated/α-hetero) is 1. The Balaban J connectivity index is 1.80. The van der Waals surface area contributed by atoms with E-state index in [1.807, 2.05) is 0 Å². The Labute approximate surface area is 115 Å². The van der Waals surface area contributed by atoms with Gasteiger partial charge in [-0.3, -0.25) is 4.79 Å². The summed E-state index contributed by atoms with van der Waals surface area (Å²) in [7, 11) is 0. The van der Waals surface area contributed by atoms with E-state index in [0.717, 1.165) is 17.7 Å². The van der Waals surface area contributed by atoms with Gasteiger partial charge in [-0.25, -0.2) is 0 Å². The Hall–Kier alpha value is -0.630. The van der Waals surface area contributed by atoms with Gasteiger partial charge >= 0.3 is 0 Å². The van der Waals surface area contributed by atoms with Crippen LogP contribution in [-0.4, -0.2) is 5.78 Å². The summed E-state index contributed by atoms with van der Waals surface area (Å²) in [5, 5.41) is 0. The van der Waals surface area contributed by atoms with Gasteiger partial charge < -0.3 is 0 Å². The Morgan fingerprint density at radius 2 is 1.94 bits per heavy atom. The van der Waals surface area contributed by atoms with Gasteiger partial charge in [0.05, 0.1) is 4.88 Å². The molecule has 0 unspecified atom stereocenters. The van der Waals surface area contributed by atoms with E-state index < -0.39 is 0 Å². The highest BCUT2D eigenvalue weighted by Crippen LogP contribution is 2.30. The summed E-state index contributed by atoms with van der Waals surface area (Å²) in [6.45, 7) is 2.22. The van der Waals surface area contributed by atoms with E-state index in [1.165, 1.54) is 61.8 Å². The van der Waals surface area contributed by atoms with Crippen LogP contribution < -0.4 is 0 Å². The average Bonchev–Trinajstić information content (AvgIpc) is 2.82. The average molecular weight is 264 g/mol. The van der Waals surface area contributed by atoms with Gasteiger partial charge in [-0.2, -0.15) is 0 Å². The summed E-state index contributed by atoms with van der Waals surface area (Å²) in [6, 6.07) is 2.17. The first-order valence-electron chi connectivity index (χ1n) is 7.46. The molecule has 2 rings (SSSR count). The van der Waals surface area contributed by atoms with Crippen LogP contribution in [0.1, 0.15) is 78.4 Å². The third-order valence-corrected chi connectivity index (χ3v) is 5.06. The summed E-state index contributed by atoms with van der Waals surface area (Å²) in [6.07, 6.45) is 11.9. The zero-order valence-corrected chi connectivity index (χ0v) is 12.3. The fourth-order valence-corrected chi connectivity index (χ4v) is 3.86. The highest BCUT2D eigenvalue weighted by molar-refractivity contribution is 7.14. The summed E-state index contributed by atoms with van der Waals surface area (Å²) in [4.78, 5) is 14.6. The van der Waals surface area contributed by atoms with Crippen LogP contribution in [0.2, 0.25) is 0 Å². The number of carbonyl (C=O) groups is 1. The predicted octanol–water partition coefficient (Wildman–Crippen LogP) is 5.17. The number of rotatable bonds is 7. The number of hydrogen-bond donors (Lipinski definition) is 0. The second kappa shape index (κ2) is 7.08. The van der Waals surface area contributed by atoms with Crippen molar-refractivity contribution < 1.29 is 4.79 Å². The predicted molar refractivity (Wildman–Crippen MR) is 78.7 cm³/mol. The van der Waals surface area contributed by atoms with Gasteiger partial charge in [-0.05, 0) is 43.7 Å². The van der Waals surface area contributed by atoms with E-state index in [1.54, 1.807) is 11.3 Å². The molecular formula is C16H24OS. The molecule has 0 N–H and O–H groups in total. The zero-order chi connectivity index (χ0) is 12.8. The van der Waals surface area contributed by atoms with Crippen molar-refractivity contribution >= 4 is 17.1 Å². The maximum atomic E-state index is 12.1. The second-order valence-corrected chi connectivity index (χ2v) is 6.49. The lowest BCUT2D eigenvalue weighted by Crippen LogP contribution is -1.97. The van der Waals surface area contributed by atoms with E-state index in [-0.39, 0.29) is 0 Å². The molecule has 2 heteroatoms. The van der Waals surface area contributed by atoms with Crippen molar-refractivity contribution in [3.05, 3.63) is 21.4 Å². The van der Waals surface area contributed by atoms with Crippen molar-refractivity contribution in [3.63, 3.8) is 0 Å². The molecule has 18 heavy (non-hydrogen) atoms. The zero-order valence-electron chi connectivity index (χ0n) is 11.5. The standard InChI is InChI=1S/C16H24OS/c1-2-3-4-5-6-10-14(17)16-12-13-9-7-8-11-15(13)18-16/h12H,2-11H2,1H3. The molecule has 1 aromatic heterocycles. The molecule has 0 amide bonds. The van der Waals surface area contributed by atoms with Gasteiger partial charge in [-0.15, -0.1) is 11.3 Å². The van der Waals surface area contributed by atoms with Gasteiger partial charge in [0, 0.05) is 11.3 Å². The van der Waals surface area contributed by atoms with Crippen LogP contribution >= 0.6 is 11.3 Å². The topological polar surface area (TPSA) is 17.1 Å². The molecule has 0 saturated heterocycles. The number of thiophene rings is 1. The molecule has 1 heterocycles. The molecule has 0 radical (unpaired) electrons. The number of hydrogen-bond acceptors (Lipinski definition) is 2. The minimum absolute atomic E-state index is 0.380. The summed E-state index contributed by atoms with van der Waals surface area (Å²) < 4.78 is 0. The van der Waals surface area contributed by atoms with Crippen LogP contribution in [0, 0.1) is 0 Å². The molecule has 0 atom stereocenters. The number of unbranched alkanes of at least 4 members (excludes halogenated alkanes) is 4. The van der Waals surface area contributed by atoms with Gasteiger partial charge in [-0.1, -0.05) is 32.6 Å². The molecule has 0 bridgehead atoms. The molecule has 0 aromatic carbocycles.